The van der Waals surface area contributed by atoms with Gasteiger partial charge >= 0.3 is 0 Å². The van der Waals surface area contributed by atoms with Crippen molar-refractivity contribution in [3.63, 3.8) is 0 Å². The molecule has 0 unspecified atom stereocenters. The molecule has 5 rings (SSSR count). The molecule has 166 valence electrons. The number of aromatic nitrogens is 3. The SMILES string of the molecule is C[C@@H]1O[C@H](c2nn(-c3ccc(Br)cc3)nc2-c2ccc(F)cc2)N(c2ccc(N)cc2)C1=O. The van der Waals surface area contributed by atoms with Crippen LogP contribution in [0.3, 0.4) is 0 Å². The van der Waals surface area contributed by atoms with E-state index >= 15 is 0 Å². The Balaban J connectivity index is 1.66. The number of amides is 1. The van der Waals surface area contributed by atoms with Crippen LogP contribution in [-0.4, -0.2) is 27.0 Å². The number of hydrogen-bond donors (Lipinski definition) is 1. The minimum atomic E-state index is -0.819. The van der Waals surface area contributed by atoms with Gasteiger partial charge in [0.25, 0.3) is 5.91 Å². The number of hydrogen-bond acceptors (Lipinski definition) is 5. The molecule has 0 aliphatic carbocycles. The molecule has 1 fully saturated rings. The van der Waals surface area contributed by atoms with Crippen LogP contribution in [0.5, 0.6) is 0 Å². The lowest BCUT2D eigenvalue weighted by atomic mass is 10.1. The first-order valence-corrected chi connectivity index (χ1v) is 11.0. The summed E-state index contributed by atoms with van der Waals surface area (Å²) in [5.74, 6) is -0.557. The van der Waals surface area contributed by atoms with Crippen LogP contribution in [-0.2, 0) is 9.53 Å². The van der Waals surface area contributed by atoms with E-state index in [4.69, 9.17) is 15.6 Å². The van der Waals surface area contributed by atoms with Gasteiger partial charge in [-0.1, -0.05) is 15.9 Å². The Morgan fingerprint density at radius 3 is 2.24 bits per heavy atom. The van der Waals surface area contributed by atoms with Gasteiger partial charge in [-0.25, -0.2) is 4.39 Å². The summed E-state index contributed by atoms with van der Waals surface area (Å²) in [6, 6.07) is 20.4. The molecule has 0 radical (unpaired) electrons. The van der Waals surface area contributed by atoms with Gasteiger partial charge in [0.2, 0.25) is 0 Å². The summed E-state index contributed by atoms with van der Waals surface area (Å²) in [5, 5.41) is 9.38. The number of anilines is 2. The number of ether oxygens (including phenoxy) is 1. The molecule has 0 saturated carbocycles. The molecule has 4 aromatic rings. The highest BCUT2D eigenvalue weighted by atomic mass is 79.9. The van der Waals surface area contributed by atoms with E-state index < -0.39 is 12.3 Å². The molecule has 0 bridgehead atoms. The zero-order valence-corrected chi connectivity index (χ0v) is 19.1. The molecular weight excluding hydrogens is 489 g/mol. The van der Waals surface area contributed by atoms with Crippen molar-refractivity contribution in [2.24, 2.45) is 0 Å². The van der Waals surface area contributed by atoms with Gasteiger partial charge in [0.15, 0.2) is 6.23 Å². The zero-order valence-electron chi connectivity index (χ0n) is 17.5. The molecule has 1 amide bonds. The van der Waals surface area contributed by atoms with Crippen molar-refractivity contribution in [1.82, 2.24) is 15.0 Å². The third-order valence-corrected chi connectivity index (χ3v) is 5.90. The highest BCUT2D eigenvalue weighted by Gasteiger charge is 2.43. The van der Waals surface area contributed by atoms with Crippen LogP contribution in [0.4, 0.5) is 15.8 Å². The van der Waals surface area contributed by atoms with E-state index in [9.17, 15) is 9.18 Å². The Hall–Kier alpha value is -3.56. The van der Waals surface area contributed by atoms with Crippen molar-refractivity contribution in [2.45, 2.75) is 19.3 Å². The standard InChI is InChI=1S/C24H19BrFN5O2/c1-14-23(32)30(19-12-8-18(27)9-13-19)24(33-14)22-21(15-2-6-17(26)7-3-15)28-31(29-22)20-10-4-16(25)5-11-20/h2-14,24H,27H2,1H3/t14-,24+/m0/s1. The second-order valence-electron chi connectivity index (χ2n) is 7.64. The predicted octanol–water partition coefficient (Wildman–Crippen LogP) is 4.87. The molecule has 1 aliphatic heterocycles. The number of rotatable bonds is 4. The normalized spacial score (nSPS) is 18.2. The Labute approximate surface area is 197 Å². The zero-order chi connectivity index (χ0) is 23.1. The Morgan fingerprint density at radius 1 is 0.939 bits per heavy atom. The van der Waals surface area contributed by atoms with E-state index in [0.29, 0.717) is 28.3 Å². The quantitative estimate of drug-likeness (QED) is 0.398. The summed E-state index contributed by atoms with van der Waals surface area (Å²) in [4.78, 5) is 16.1. The number of halogens is 2. The molecule has 7 nitrogen and oxygen atoms in total. The first-order valence-electron chi connectivity index (χ1n) is 10.2. The average molecular weight is 508 g/mol. The number of carbonyl (C=O) groups excluding carboxylic acids is 1. The summed E-state index contributed by atoms with van der Waals surface area (Å²) in [5.41, 5.74) is 9.36. The number of nitrogens with zero attached hydrogens (tertiary/aromatic N) is 4. The van der Waals surface area contributed by atoms with E-state index in [1.165, 1.54) is 16.9 Å². The van der Waals surface area contributed by atoms with E-state index in [1.54, 1.807) is 48.2 Å². The van der Waals surface area contributed by atoms with Gasteiger partial charge < -0.3 is 10.5 Å². The fourth-order valence-corrected chi connectivity index (χ4v) is 3.96. The molecule has 33 heavy (non-hydrogen) atoms. The number of nitrogens with two attached hydrogens (primary N) is 1. The average Bonchev–Trinajstić information content (AvgIpc) is 3.37. The molecule has 0 spiro atoms. The van der Waals surface area contributed by atoms with Gasteiger partial charge in [-0.2, -0.15) is 4.80 Å². The van der Waals surface area contributed by atoms with Gasteiger partial charge in [0.05, 0.1) is 5.69 Å². The van der Waals surface area contributed by atoms with Crippen molar-refractivity contribution in [3.05, 3.63) is 88.8 Å². The van der Waals surface area contributed by atoms with Gasteiger partial charge in [-0.15, -0.1) is 10.2 Å². The van der Waals surface area contributed by atoms with Crippen LogP contribution < -0.4 is 10.6 Å². The van der Waals surface area contributed by atoms with Crippen LogP contribution in [0, 0.1) is 5.82 Å². The molecule has 1 aliphatic rings. The van der Waals surface area contributed by atoms with Crippen LogP contribution >= 0.6 is 15.9 Å². The first kappa shape index (κ1) is 21.3. The molecule has 1 aromatic heterocycles. The molecule has 2 heterocycles. The molecule has 2 atom stereocenters. The minimum absolute atomic E-state index is 0.201. The summed E-state index contributed by atoms with van der Waals surface area (Å²) in [6.07, 6.45) is -1.49. The van der Waals surface area contributed by atoms with Crippen molar-refractivity contribution in [3.8, 4) is 16.9 Å². The van der Waals surface area contributed by atoms with E-state index in [-0.39, 0.29) is 11.7 Å². The van der Waals surface area contributed by atoms with Crippen molar-refractivity contribution in [2.75, 3.05) is 10.6 Å². The first-order chi connectivity index (χ1) is 15.9. The molecule has 3 aromatic carbocycles. The van der Waals surface area contributed by atoms with E-state index in [1.807, 2.05) is 24.3 Å². The highest BCUT2D eigenvalue weighted by molar-refractivity contribution is 9.10. The summed E-state index contributed by atoms with van der Waals surface area (Å²) < 4.78 is 20.6. The second kappa shape index (κ2) is 8.42. The lowest BCUT2D eigenvalue weighted by molar-refractivity contribution is -0.121. The lowest BCUT2D eigenvalue weighted by Gasteiger charge is -2.22. The summed E-state index contributed by atoms with van der Waals surface area (Å²) in [7, 11) is 0. The maximum Gasteiger partial charge on any atom is 0.258 e. The predicted molar refractivity (Wildman–Crippen MR) is 126 cm³/mol. The van der Waals surface area contributed by atoms with Crippen LogP contribution in [0.1, 0.15) is 18.8 Å². The Bertz CT molecular complexity index is 1310. The Morgan fingerprint density at radius 2 is 1.58 bits per heavy atom. The fraction of sp³-hybridized carbons (Fsp3) is 0.125. The van der Waals surface area contributed by atoms with Gasteiger partial charge in [-0.05, 0) is 79.7 Å². The van der Waals surface area contributed by atoms with Crippen LogP contribution in [0.15, 0.2) is 77.3 Å². The third kappa shape index (κ3) is 4.01. The smallest absolute Gasteiger partial charge is 0.258 e. The summed E-state index contributed by atoms with van der Waals surface area (Å²) >= 11 is 3.43. The van der Waals surface area contributed by atoms with Crippen LogP contribution in [0.2, 0.25) is 0 Å². The van der Waals surface area contributed by atoms with Crippen LogP contribution in [0.25, 0.3) is 16.9 Å². The van der Waals surface area contributed by atoms with E-state index in [2.05, 4.69) is 21.0 Å². The molecular formula is C24H19BrFN5O2. The van der Waals surface area contributed by atoms with Crippen molar-refractivity contribution < 1.29 is 13.9 Å². The molecule has 1 saturated heterocycles. The maximum atomic E-state index is 13.6. The topological polar surface area (TPSA) is 86.3 Å². The fourth-order valence-electron chi connectivity index (χ4n) is 3.70. The van der Waals surface area contributed by atoms with Gasteiger partial charge in [0, 0.05) is 21.4 Å². The minimum Gasteiger partial charge on any atom is -0.399 e. The maximum absolute atomic E-state index is 13.6. The second-order valence-corrected chi connectivity index (χ2v) is 8.55. The molecule has 9 heteroatoms. The monoisotopic (exact) mass is 507 g/mol. The third-order valence-electron chi connectivity index (χ3n) is 5.37. The summed E-state index contributed by atoms with van der Waals surface area (Å²) in [6.45, 7) is 1.70. The highest BCUT2D eigenvalue weighted by Crippen LogP contribution is 2.39. The Kier molecular flexibility index (Phi) is 5.43. The lowest BCUT2D eigenvalue weighted by Crippen LogP contribution is -2.30. The number of nitrogen functional groups attached to an aromatic ring is 1. The number of carbonyl (C=O) groups is 1. The van der Waals surface area contributed by atoms with Crippen molar-refractivity contribution in [1.29, 1.82) is 0 Å². The van der Waals surface area contributed by atoms with Gasteiger partial charge in [-0.3, -0.25) is 9.69 Å². The number of benzene rings is 3. The van der Waals surface area contributed by atoms with Gasteiger partial charge in [0.1, 0.15) is 23.3 Å². The van der Waals surface area contributed by atoms with Crippen molar-refractivity contribution >= 4 is 33.2 Å². The largest absolute Gasteiger partial charge is 0.399 e. The molecule has 2 N–H and O–H groups in total. The van der Waals surface area contributed by atoms with E-state index in [0.717, 1.165) is 10.2 Å².